The standard InChI is InChI=1S/C45H25N5/c1-48-34-19-20-38-39-23-29(27-46)17-21-44(39)49(45(38)26-34)40-22-18-31(25-33(40)28-47)30-9-8-10-32(24-30)35-11-2-5-14-41(35)50-42-15-6-3-12-36(42)37-13-4-7-16-43(37)50/h2-26H. The minimum absolute atomic E-state index is 0.509. The van der Waals surface area contributed by atoms with Gasteiger partial charge in [-0.2, -0.15) is 10.5 Å². The van der Waals surface area contributed by atoms with Gasteiger partial charge in [-0.3, -0.25) is 0 Å². The predicted octanol–water partition coefficient (Wildman–Crippen LogP) is 11.5. The number of hydrogen-bond acceptors (Lipinski definition) is 2. The van der Waals surface area contributed by atoms with Crippen molar-refractivity contribution >= 4 is 49.3 Å². The SMILES string of the molecule is [C-]#[N+]c1ccc2c3cc(C#N)ccc3n(-c3ccc(-c4cccc(-c5ccccc5-n5c6ccccc6c6ccccc65)c4)cc3C#N)c2c1. The van der Waals surface area contributed by atoms with E-state index in [9.17, 15) is 10.5 Å². The molecule has 50 heavy (non-hydrogen) atoms. The Labute approximate surface area is 288 Å². The highest BCUT2D eigenvalue weighted by Gasteiger charge is 2.18. The average Bonchev–Trinajstić information content (AvgIpc) is 3.69. The van der Waals surface area contributed by atoms with Crippen molar-refractivity contribution in [3.05, 3.63) is 174 Å². The van der Waals surface area contributed by atoms with Gasteiger partial charge < -0.3 is 9.13 Å². The molecule has 0 aliphatic rings. The van der Waals surface area contributed by atoms with E-state index in [4.69, 9.17) is 6.57 Å². The maximum Gasteiger partial charge on any atom is 0.189 e. The molecule has 0 N–H and O–H groups in total. The summed E-state index contributed by atoms with van der Waals surface area (Å²) >= 11 is 0. The number of rotatable bonds is 4. The summed E-state index contributed by atoms with van der Waals surface area (Å²) in [5.74, 6) is 0. The van der Waals surface area contributed by atoms with Crippen molar-refractivity contribution in [3.63, 3.8) is 0 Å². The lowest BCUT2D eigenvalue weighted by Crippen LogP contribution is -1.98. The van der Waals surface area contributed by atoms with Gasteiger partial charge >= 0.3 is 0 Å². The highest BCUT2D eigenvalue weighted by molar-refractivity contribution is 6.11. The molecule has 0 radical (unpaired) electrons. The number of nitrogens with zero attached hydrogens (tertiary/aromatic N) is 5. The second-order valence-corrected chi connectivity index (χ2v) is 12.3. The molecule has 7 aromatic carbocycles. The Hall–Kier alpha value is -7.39. The van der Waals surface area contributed by atoms with Gasteiger partial charge in [0.25, 0.3) is 0 Å². The van der Waals surface area contributed by atoms with Gasteiger partial charge in [0.2, 0.25) is 0 Å². The van der Waals surface area contributed by atoms with Crippen LogP contribution in [0.3, 0.4) is 0 Å². The van der Waals surface area contributed by atoms with E-state index >= 15 is 0 Å². The highest BCUT2D eigenvalue weighted by atomic mass is 15.0. The van der Waals surface area contributed by atoms with E-state index < -0.39 is 0 Å². The fraction of sp³-hybridized carbons (Fsp3) is 0. The van der Waals surface area contributed by atoms with Gasteiger partial charge in [0.15, 0.2) is 5.69 Å². The van der Waals surface area contributed by atoms with Crippen LogP contribution >= 0.6 is 0 Å². The molecule has 0 unspecified atom stereocenters. The van der Waals surface area contributed by atoms with Crippen LogP contribution in [0.15, 0.2) is 152 Å². The van der Waals surface area contributed by atoms with Crippen LogP contribution in [0.5, 0.6) is 0 Å². The number of aromatic nitrogens is 2. The van der Waals surface area contributed by atoms with Gasteiger partial charge in [0.05, 0.1) is 51.7 Å². The normalized spacial score (nSPS) is 11.1. The van der Waals surface area contributed by atoms with Gasteiger partial charge in [-0.1, -0.05) is 91.0 Å². The van der Waals surface area contributed by atoms with Crippen molar-refractivity contribution in [2.24, 2.45) is 0 Å². The van der Waals surface area contributed by atoms with Crippen LogP contribution < -0.4 is 0 Å². The smallest absolute Gasteiger partial charge is 0.189 e. The molecule has 0 aliphatic heterocycles. The molecule has 2 heterocycles. The maximum atomic E-state index is 10.5. The van der Waals surface area contributed by atoms with E-state index in [2.05, 4.69) is 119 Å². The molecular weight excluding hydrogens is 611 g/mol. The Morgan fingerprint density at radius 2 is 1.12 bits per heavy atom. The lowest BCUT2D eigenvalue weighted by molar-refractivity contribution is 1.17. The number of benzene rings is 7. The third-order valence-electron chi connectivity index (χ3n) is 9.60. The minimum Gasteiger partial charge on any atom is -0.309 e. The molecule has 0 aliphatic carbocycles. The third-order valence-corrected chi connectivity index (χ3v) is 9.60. The lowest BCUT2D eigenvalue weighted by Gasteiger charge is -2.15. The van der Waals surface area contributed by atoms with Gasteiger partial charge in [-0.05, 0) is 77.4 Å². The molecule has 5 nitrogen and oxygen atoms in total. The van der Waals surface area contributed by atoms with Gasteiger partial charge in [0, 0.05) is 32.6 Å². The maximum absolute atomic E-state index is 10.5. The summed E-state index contributed by atoms with van der Waals surface area (Å²) in [4.78, 5) is 3.66. The number of nitriles is 2. The molecular formula is C45H25N5. The first-order valence-electron chi connectivity index (χ1n) is 16.3. The van der Waals surface area contributed by atoms with Crippen LogP contribution in [0.4, 0.5) is 5.69 Å². The van der Waals surface area contributed by atoms with Crippen LogP contribution in [-0.2, 0) is 0 Å². The molecule has 230 valence electrons. The first-order valence-corrected chi connectivity index (χ1v) is 16.3. The van der Waals surface area contributed by atoms with E-state index in [0.717, 1.165) is 66.5 Å². The summed E-state index contributed by atoms with van der Waals surface area (Å²) in [7, 11) is 0. The topological polar surface area (TPSA) is 61.8 Å². The van der Waals surface area contributed by atoms with Gasteiger partial charge in [-0.25, -0.2) is 4.85 Å². The molecule has 0 fully saturated rings. The van der Waals surface area contributed by atoms with Gasteiger partial charge in [-0.15, -0.1) is 0 Å². The fourth-order valence-corrected chi connectivity index (χ4v) is 7.37. The summed E-state index contributed by atoms with van der Waals surface area (Å²) in [6, 6.07) is 55.8. The molecule has 9 aromatic rings. The van der Waals surface area contributed by atoms with Crippen molar-refractivity contribution in [2.45, 2.75) is 0 Å². The highest BCUT2D eigenvalue weighted by Crippen LogP contribution is 2.39. The summed E-state index contributed by atoms with van der Waals surface area (Å²) in [5.41, 5.74) is 11.5. The van der Waals surface area contributed by atoms with Crippen molar-refractivity contribution in [3.8, 4) is 45.8 Å². The van der Waals surface area contributed by atoms with E-state index in [0.29, 0.717) is 16.8 Å². The summed E-state index contributed by atoms with van der Waals surface area (Å²) in [5, 5.41) is 24.4. The van der Waals surface area contributed by atoms with E-state index in [1.165, 1.54) is 10.8 Å². The van der Waals surface area contributed by atoms with E-state index in [-0.39, 0.29) is 0 Å². The van der Waals surface area contributed by atoms with E-state index in [1.54, 1.807) is 12.1 Å². The van der Waals surface area contributed by atoms with Crippen molar-refractivity contribution in [1.82, 2.24) is 9.13 Å². The molecule has 0 bridgehead atoms. The quantitative estimate of drug-likeness (QED) is 0.181. The molecule has 9 rings (SSSR count). The summed E-state index contributed by atoms with van der Waals surface area (Å²) < 4.78 is 4.38. The van der Waals surface area contributed by atoms with Crippen LogP contribution in [-0.4, -0.2) is 9.13 Å². The van der Waals surface area contributed by atoms with Crippen molar-refractivity contribution in [1.29, 1.82) is 10.5 Å². The second kappa shape index (κ2) is 11.4. The molecule has 0 saturated heterocycles. The van der Waals surface area contributed by atoms with Gasteiger partial charge in [0.1, 0.15) is 6.07 Å². The Kier molecular flexibility index (Phi) is 6.56. The zero-order valence-electron chi connectivity index (χ0n) is 26.7. The summed E-state index contributed by atoms with van der Waals surface area (Å²) in [6.07, 6.45) is 0. The largest absolute Gasteiger partial charge is 0.309 e. The van der Waals surface area contributed by atoms with Crippen LogP contribution in [0.25, 0.3) is 82.1 Å². The minimum atomic E-state index is 0.509. The summed E-state index contributed by atoms with van der Waals surface area (Å²) in [6.45, 7) is 7.62. The number of fused-ring (bicyclic) bond motifs is 6. The van der Waals surface area contributed by atoms with E-state index in [1.807, 2.05) is 47.0 Å². The lowest BCUT2D eigenvalue weighted by atomic mass is 9.96. The number of hydrogen-bond donors (Lipinski definition) is 0. The van der Waals surface area contributed by atoms with Crippen molar-refractivity contribution in [2.75, 3.05) is 0 Å². The number of para-hydroxylation sites is 3. The molecule has 0 amide bonds. The first-order chi connectivity index (χ1) is 24.7. The zero-order chi connectivity index (χ0) is 33.8. The first kappa shape index (κ1) is 28.8. The Morgan fingerprint density at radius 3 is 1.88 bits per heavy atom. The molecule has 0 spiro atoms. The van der Waals surface area contributed by atoms with Crippen molar-refractivity contribution < 1.29 is 0 Å². The predicted molar refractivity (Wildman–Crippen MR) is 202 cm³/mol. The Morgan fingerprint density at radius 1 is 0.460 bits per heavy atom. The fourth-order valence-electron chi connectivity index (χ4n) is 7.37. The molecule has 5 heteroatoms. The molecule has 0 saturated carbocycles. The Balaban J connectivity index is 1.19. The van der Waals surface area contributed by atoms with Crippen LogP contribution in [0.2, 0.25) is 0 Å². The third kappa shape index (κ3) is 4.38. The molecule has 2 aromatic heterocycles. The van der Waals surface area contributed by atoms with Crippen LogP contribution in [0.1, 0.15) is 11.1 Å². The Bertz CT molecular complexity index is 2920. The second-order valence-electron chi connectivity index (χ2n) is 12.3. The molecule has 0 atom stereocenters. The van der Waals surface area contributed by atoms with Crippen LogP contribution in [0, 0.1) is 29.2 Å². The average molecular weight is 636 g/mol. The monoisotopic (exact) mass is 635 g/mol. The zero-order valence-corrected chi connectivity index (χ0v) is 26.7.